The first-order valence-corrected chi connectivity index (χ1v) is 6.80. The highest BCUT2D eigenvalue weighted by Crippen LogP contribution is 2.37. The molecule has 0 aromatic heterocycles. The van der Waals surface area contributed by atoms with Crippen LogP contribution in [0.3, 0.4) is 0 Å². The summed E-state index contributed by atoms with van der Waals surface area (Å²) in [6.45, 7) is 2.85. The van der Waals surface area contributed by atoms with Gasteiger partial charge >= 0.3 is 0 Å². The zero-order valence-corrected chi connectivity index (χ0v) is 11.1. The van der Waals surface area contributed by atoms with Crippen molar-refractivity contribution in [2.24, 2.45) is 0 Å². The van der Waals surface area contributed by atoms with E-state index < -0.39 is 0 Å². The molecule has 0 radical (unpaired) electrons. The molecule has 1 aliphatic heterocycles. The van der Waals surface area contributed by atoms with Gasteiger partial charge in [-0.1, -0.05) is 42.5 Å². The third-order valence-electron chi connectivity index (χ3n) is 3.99. The average Bonchev–Trinajstić information content (AvgIpc) is 2.92. The normalized spacial score (nSPS) is 22.6. The first-order chi connectivity index (χ1) is 9.25. The van der Waals surface area contributed by atoms with Gasteiger partial charge in [0.15, 0.2) is 0 Å². The van der Waals surface area contributed by atoms with Crippen LogP contribution in [0.2, 0.25) is 0 Å². The Hall–Kier alpha value is -1.67. The van der Waals surface area contributed by atoms with Crippen LogP contribution in [0, 0.1) is 12.7 Å². The van der Waals surface area contributed by atoms with Gasteiger partial charge in [0.25, 0.3) is 0 Å². The van der Waals surface area contributed by atoms with Gasteiger partial charge in [0.05, 0.1) is 0 Å². The number of benzene rings is 2. The van der Waals surface area contributed by atoms with E-state index >= 15 is 0 Å². The summed E-state index contributed by atoms with van der Waals surface area (Å²) in [5, 5.41) is 3.56. The fourth-order valence-electron chi connectivity index (χ4n) is 2.97. The third kappa shape index (κ3) is 2.41. The fourth-order valence-corrected chi connectivity index (χ4v) is 2.97. The van der Waals surface area contributed by atoms with Crippen molar-refractivity contribution < 1.29 is 4.39 Å². The van der Waals surface area contributed by atoms with Crippen molar-refractivity contribution in [1.29, 1.82) is 0 Å². The summed E-state index contributed by atoms with van der Waals surface area (Å²) < 4.78 is 13.4. The van der Waals surface area contributed by atoms with Crippen molar-refractivity contribution in [3.05, 3.63) is 71.0 Å². The van der Waals surface area contributed by atoms with Gasteiger partial charge < -0.3 is 5.32 Å². The van der Waals surface area contributed by atoms with Crippen LogP contribution in [-0.2, 0) is 0 Å². The monoisotopic (exact) mass is 255 g/mol. The average molecular weight is 255 g/mol. The van der Waals surface area contributed by atoms with E-state index in [9.17, 15) is 4.39 Å². The molecule has 2 aromatic carbocycles. The largest absolute Gasteiger partial charge is 0.309 e. The molecule has 98 valence electrons. The molecule has 2 heteroatoms. The topological polar surface area (TPSA) is 12.0 Å². The Morgan fingerprint density at radius 2 is 1.84 bits per heavy atom. The third-order valence-corrected chi connectivity index (χ3v) is 3.99. The molecule has 1 heterocycles. The van der Waals surface area contributed by atoms with Crippen molar-refractivity contribution in [3.8, 4) is 0 Å². The maximum atomic E-state index is 13.4. The summed E-state index contributed by atoms with van der Waals surface area (Å²) in [5.74, 6) is 0.313. The van der Waals surface area contributed by atoms with Gasteiger partial charge in [-0.25, -0.2) is 4.39 Å². The van der Waals surface area contributed by atoms with E-state index in [-0.39, 0.29) is 5.82 Å². The van der Waals surface area contributed by atoms with Crippen molar-refractivity contribution in [3.63, 3.8) is 0 Å². The standard InChI is InChI=1S/C17H18FN/c1-12-11-14(7-8-16(12)18)15-9-10-19-17(15)13-5-3-2-4-6-13/h2-8,11,15,17,19H,9-10H2,1H3. The molecule has 0 spiro atoms. The number of hydrogen-bond acceptors (Lipinski definition) is 1. The van der Waals surface area contributed by atoms with Crippen molar-refractivity contribution in [1.82, 2.24) is 5.32 Å². The zero-order chi connectivity index (χ0) is 13.2. The highest BCUT2D eigenvalue weighted by atomic mass is 19.1. The highest BCUT2D eigenvalue weighted by molar-refractivity contribution is 5.32. The lowest BCUT2D eigenvalue weighted by Gasteiger charge is -2.21. The Labute approximate surface area is 113 Å². The lowest BCUT2D eigenvalue weighted by Crippen LogP contribution is -2.17. The number of hydrogen-bond donors (Lipinski definition) is 1. The SMILES string of the molecule is Cc1cc(C2CCNC2c2ccccc2)ccc1F. The molecule has 0 aliphatic carbocycles. The molecule has 1 N–H and O–H groups in total. The summed E-state index contributed by atoms with van der Waals surface area (Å²) in [5.41, 5.74) is 3.28. The lowest BCUT2D eigenvalue weighted by molar-refractivity contribution is 0.573. The quantitative estimate of drug-likeness (QED) is 0.856. The minimum absolute atomic E-state index is 0.119. The van der Waals surface area contributed by atoms with Crippen LogP contribution in [0.1, 0.15) is 35.1 Å². The Kier molecular flexibility index (Phi) is 3.34. The van der Waals surface area contributed by atoms with Gasteiger partial charge in [0, 0.05) is 12.0 Å². The molecule has 1 fully saturated rings. The summed E-state index contributed by atoms with van der Waals surface area (Å²) in [6.07, 6.45) is 1.10. The van der Waals surface area contributed by atoms with E-state index in [1.165, 1.54) is 11.1 Å². The molecule has 3 rings (SSSR count). The lowest BCUT2D eigenvalue weighted by atomic mass is 9.87. The second-order valence-electron chi connectivity index (χ2n) is 5.25. The molecule has 1 nitrogen and oxygen atoms in total. The maximum Gasteiger partial charge on any atom is 0.126 e. The van der Waals surface area contributed by atoms with Crippen molar-refractivity contribution in [2.45, 2.75) is 25.3 Å². The minimum Gasteiger partial charge on any atom is -0.309 e. The van der Waals surface area contributed by atoms with Gasteiger partial charge in [-0.2, -0.15) is 0 Å². The molecule has 2 unspecified atom stereocenters. The number of halogens is 1. The van der Waals surface area contributed by atoms with Crippen LogP contribution in [0.15, 0.2) is 48.5 Å². The van der Waals surface area contributed by atoms with Crippen LogP contribution in [0.25, 0.3) is 0 Å². The zero-order valence-electron chi connectivity index (χ0n) is 11.1. The molecule has 1 saturated heterocycles. The Morgan fingerprint density at radius 1 is 1.05 bits per heavy atom. The van der Waals surface area contributed by atoms with Crippen LogP contribution >= 0.6 is 0 Å². The number of nitrogens with one attached hydrogen (secondary N) is 1. The molecule has 1 aliphatic rings. The number of aryl methyl sites for hydroxylation is 1. The predicted molar refractivity (Wildman–Crippen MR) is 75.7 cm³/mol. The predicted octanol–water partition coefficient (Wildman–Crippen LogP) is 3.95. The molecule has 19 heavy (non-hydrogen) atoms. The molecule has 2 atom stereocenters. The van der Waals surface area contributed by atoms with Gasteiger partial charge in [-0.05, 0) is 42.6 Å². The molecular weight excluding hydrogens is 237 g/mol. The van der Waals surface area contributed by atoms with E-state index in [1.807, 2.05) is 25.1 Å². The second kappa shape index (κ2) is 5.14. The molecule has 0 saturated carbocycles. The fraction of sp³-hybridized carbons (Fsp3) is 0.294. The van der Waals surface area contributed by atoms with E-state index in [1.54, 1.807) is 6.07 Å². The summed E-state index contributed by atoms with van der Waals surface area (Å²) in [4.78, 5) is 0. The molecular formula is C17H18FN. The Morgan fingerprint density at radius 3 is 2.58 bits per heavy atom. The molecule has 0 bridgehead atoms. The van der Waals surface area contributed by atoms with E-state index in [0.29, 0.717) is 12.0 Å². The van der Waals surface area contributed by atoms with Gasteiger partial charge in [0.2, 0.25) is 0 Å². The van der Waals surface area contributed by atoms with E-state index in [0.717, 1.165) is 18.5 Å². The summed E-state index contributed by atoms with van der Waals surface area (Å²) >= 11 is 0. The first-order valence-electron chi connectivity index (χ1n) is 6.80. The maximum absolute atomic E-state index is 13.4. The Balaban J connectivity index is 1.93. The highest BCUT2D eigenvalue weighted by Gasteiger charge is 2.29. The first kappa shape index (κ1) is 12.4. The molecule has 0 amide bonds. The van der Waals surface area contributed by atoms with E-state index in [4.69, 9.17) is 0 Å². The van der Waals surface area contributed by atoms with Crippen LogP contribution in [0.5, 0.6) is 0 Å². The van der Waals surface area contributed by atoms with Crippen LogP contribution in [0.4, 0.5) is 4.39 Å². The summed E-state index contributed by atoms with van der Waals surface area (Å²) in [6, 6.07) is 16.3. The van der Waals surface area contributed by atoms with E-state index in [2.05, 4.69) is 29.6 Å². The minimum atomic E-state index is -0.119. The molecule has 2 aromatic rings. The van der Waals surface area contributed by atoms with Crippen LogP contribution in [-0.4, -0.2) is 6.54 Å². The van der Waals surface area contributed by atoms with Crippen molar-refractivity contribution in [2.75, 3.05) is 6.54 Å². The Bertz CT molecular complexity index is 565. The number of rotatable bonds is 2. The van der Waals surface area contributed by atoms with Crippen molar-refractivity contribution >= 4 is 0 Å². The smallest absolute Gasteiger partial charge is 0.126 e. The van der Waals surface area contributed by atoms with Crippen LogP contribution < -0.4 is 5.32 Å². The second-order valence-corrected chi connectivity index (χ2v) is 5.25. The van der Waals surface area contributed by atoms with Gasteiger partial charge in [-0.3, -0.25) is 0 Å². The van der Waals surface area contributed by atoms with Gasteiger partial charge in [0.1, 0.15) is 5.82 Å². The summed E-state index contributed by atoms with van der Waals surface area (Å²) in [7, 11) is 0. The van der Waals surface area contributed by atoms with Gasteiger partial charge in [-0.15, -0.1) is 0 Å².